The van der Waals surface area contributed by atoms with E-state index in [9.17, 15) is 0 Å². The molecule has 1 saturated carbocycles. The molecule has 0 radical (unpaired) electrons. The Morgan fingerprint density at radius 1 is 1.28 bits per heavy atom. The van der Waals surface area contributed by atoms with Crippen molar-refractivity contribution >= 4 is 12.4 Å². The molecular formula is C16H22ClN7O. The number of aryl methyl sites for hydroxylation is 2. The number of aromatic amines is 1. The number of hydrogen-bond acceptors (Lipinski definition) is 6. The Balaban J connectivity index is 0.00000182. The maximum Gasteiger partial charge on any atom is 0.276 e. The second-order valence-electron chi connectivity index (χ2n) is 6.62. The lowest BCUT2D eigenvalue weighted by Crippen LogP contribution is -2.34. The number of aromatic nitrogens is 6. The van der Waals surface area contributed by atoms with Gasteiger partial charge in [-0.3, -0.25) is 9.78 Å². The van der Waals surface area contributed by atoms with Crippen LogP contribution in [0.25, 0.3) is 22.8 Å². The van der Waals surface area contributed by atoms with Gasteiger partial charge in [-0.25, -0.2) is 0 Å². The zero-order valence-electron chi connectivity index (χ0n) is 14.5. The molecule has 0 spiro atoms. The summed E-state index contributed by atoms with van der Waals surface area (Å²) < 4.78 is 7.26. The van der Waals surface area contributed by atoms with Crippen molar-refractivity contribution in [2.75, 3.05) is 0 Å². The molecule has 0 saturated heterocycles. The number of H-pyrrole nitrogens is 1. The Kier molecular flexibility index (Phi) is 4.42. The number of nitrogens with one attached hydrogen (secondary N) is 1. The van der Waals surface area contributed by atoms with Gasteiger partial charge >= 0.3 is 0 Å². The fourth-order valence-corrected chi connectivity index (χ4v) is 3.47. The molecule has 1 aliphatic rings. The van der Waals surface area contributed by atoms with Crippen LogP contribution in [0.3, 0.4) is 0 Å². The van der Waals surface area contributed by atoms with Crippen molar-refractivity contribution in [3.05, 3.63) is 23.3 Å². The summed E-state index contributed by atoms with van der Waals surface area (Å²) in [5.41, 5.74) is 10.4. The molecule has 0 aromatic carbocycles. The van der Waals surface area contributed by atoms with E-state index in [0.29, 0.717) is 17.4 Å². The zero-order valence-corrected chi connectivity index (χ0v) is 15.4. The second-order valence-corrected chi connectivity index (χ2v) is 6.62. The standard InChI is InChI=1S/C16H21N7O.ClH/c1-9-13(10(2)23(3)21-9)11-8-12(20-19-11)14-18-15(22-24-14)16(17)6-4-5-7-16;/h8H,4-7,17H2,1-3H3,(H,19,20);1H. The Hall–Kier alpha value is -2.19. The average molecular weight is 364 g/mol. The van der Waals surface area contributed by atoms with E-state index in [1.54, 1.807) is 0 Å². The van der Waals surface area contributed by atoms with Crippen LogP contribution in [0.5, 0.6) is 0 Å². The Bertz CT molecular complexity index is 888. The van der Waals surface area contributed by atoms with Crippen molar-refractivity contribution in [2.24, 2.45) is 12.8 Å². The second kappa shape index (κ2) is 6.27. The van der Waals surface area contributed by atoms with Gasteiger partial charge in [0.25, 0.3) is 5.89 Å². The summed E-state index contributed by atoms with van der Waals surface area (Å²) in [5, 5.41) is 15.9. The molecule has 3 aromatic rings. The van der Waals surface area contributed by atoms with E-state index < -0.39 is 5.54 Å². The average Bonchev–Trinajstić information content (AvgIpc) is 3.28. The van der Waals surface area contributed by atoms with E-state index in [0.717, 1.165) is 48.3 Å². The topological polar surface area (TPSA) is 111 Å². The van der Waals surface area contributed by atoms with Crippen LogP contribution in [0, 0.1) is 13.8 Å². The maximum absolute atomic E-state index is 6.39. The summed E-state index contributed by atoms with van der Waals surface area (Å²) in [6, 6.07) is 1.91. The molecule has 0 unspecified atom stereocenters. The van der Waals surface area contributed by atoms with Crippen LogP contribution in [-0.2, 0) is 12.6 Å². The monoisotopic (exact) mass is 363 g/mol. The minimum atomic E-state index is -0.457. The van der Waals surface area contributed by atoms with Gasteiger partial charge in [-0.05, 0) is 32.8 Å². The molecule has 3 heterocycles. The molecule has 8 nitrogen and oxygen atoms in total. The van der Waals surface area contributed by atoms with E-state index in [2.05, 4.69) is 25.4 Å². The molecular weight excluding hydrogens is 342 g/mol. The van der Waals surface area contributed by atoms with Gasteiger partial charge in [0.05, 0.1) is 16.9 Å². The van der Waals surface area contributed by atoms with Crippen molar-refractivity contribution in [3.8, 4) is 22.8 Å². The summed E-state index contributed by atoms with van der Waals surface area (Å²) in [7, 11) is 1.92. The van der Waals surface area contributed by atoms with Crippen LogP contribution < -0.4 is 5.73 Å². The number of rotatable bonds is 3. The molecule has 0 aliphatic heterocycles. The molecule has 0 atom stereocenters. The smallest absolute Gasteiger partial charge is 0.276 e. The number of nitrogens with two attached hydrogens (primary N) is 1. The molecule has 25 heavy (non-hydrogen) atoms. The highest BCUT2D eigenvalue weighted by atomic mass is 35.5. The van der Waals surface area contributed by atoms with Crippen LogP contribution in [0.4, 0.5) is 0 Å². The summed E-state index contributed by atoms with van der Waals surface area (Å²) >= 11 is 0. The van der Waals surface area contributed by atoms with Crippen LogP contribution in [0.15, 0.2) is 10.6 Å². The molecule has 3 N–H and O–H groups in total. The van der Waals surface area contributed by atoms with E-state index in [-0.39, 0.29) is 12.4 Å². The Labute approximate surface area is 151 Å². The largest absolute Gasteiger partial charge is 0.332 e. The van der Waals surface area contributed by atoms with E-state index in [4.69, 9.17) is 10.3 Å². The van der Waals surface area contributed by atoms with Crippen LogP contribution in [-0.4, -0.2) is 30.1 Å². The van der Waals surface area contributed by atoms with Gasteiger partial charge in [0, 0.05) is 18.3 Å². The number of hydrogen-bond donors (Lipinski definition) is 2. The third-order valence-electron chi connectivity index (χ3n) is 4.94. The Morgan fingerprint density at radius 3 is 2.64 bits per heavy atom. The van der Waals surface area contributed by atoms with Crippen molar-refractivity contribution < 1.29 is 4.52 Å². The first-order valence-corrected chi connectivity index (χ1v) is 8.17. The quantitative estimate of drug-likeness (QED) is 0.739. The van der Waals surface area contributed by atoms with Crippen LogP contribution in [0.1, 0.15) is 42.9 Å². The first-order chi connectivity index (χ1) is 11.5. The summed E-state index contributed by atoms with van der Waals surface area (Å²) in [6.07, 6.45) is 4.00. The predicted molar refractivity (Wildman–Crippen MR) is 95.1 cm³/mol. The van der Waals surface area contributed by atoms with Gasteiger partial charge in [0.15, 0.2) is 5.82 Å². The maximum atomic E-state index is 6.39. The highest BCUT2D eigenvalue weighted by molar-refractivity contribution is 5.85. The van der Waals surface area contributed by atoms with Crippen molar-refractivity contribution in [3.63, 3.8) is 0 Å². The number of nitrogens with zero attached hydrogens (tertiary/aromatic N) is 5. The highest BCUT2D eigenvalue weighted by Gasteiger charge is 2.36. The van der Waals surface area contributed by atoms with Crippen molar-refractivity contribution in [1.82, 2.24) is 30.1 Å². The van der Waals surface area contributed by atoms with Gasteiger partial charge in [0.1, 0.15) is 5.69 Å². The number of halogens is 1. The lowest BCUT2D eigenvalue weighted by Gasteiger charge is -2.17. The minimum absolute atomic E-state index is 0. The molecule has 0 bridgehead atoms. The molecule has 3 aromatic heterocycles. The SMILES string of the molecule is Cc1nn(C)c(C)c1-c1cc(-c2nc(C3(N)CCCC3)no2)[nH]n1.Cl. The molecule has 1 fully saturated rings. The highest BCUT2D eigenvalue weighted by Crippen LogP contribution is 2.35. The van der Waals surface area contributed by atoms with Gasteiger partial charge in [-0.1, -0.05) is 18.0 Å². The predicted octanol–water partition coefficient (Wildman–Crippen LogP) is 2.63. The Morgan fingerprint density at radius 2 is 2.00 bits per heavy atom. The molecule has 0 amide bonds. The zero-order chi connectivity index (χ0) is 16.9. The van der Waals surface area contributed by atoms with Gasteiger partial charge in [0.2, 0.25) is 0 Å². The molecule has 1 aliphatic carbocycles. The molecule has 4 rings (SSSR count). The third-order valence-corrected chi connectivity index (χ3v) is 4.94. The summed E-state index contributed by atoms with van der Waals surface area (Å²) in [4.78, 5) is 4.50. The van der Waals surface area contributed by atoms with Gasteiger partial charge < -0.3 is 10.3 Å². The fraction of sp³-hybridized carbons (Fsp3) is 0.500. The van der Waals surface area contributed by atoms with Crippen LogP contribution in [0.2, 0.25) is 0 Å². The van der Waals surface area contributed by atoms with Crippen LogP contribution >= 0.6 is 12.4 Å². The minimum Gasteiger partial charge on any atom is -0.332 e. The van der Waals surface area contributed by atoms with Gasteiger partial charge in [-0.2, -0.15) is 15.2 Å². The fourth-order valence-electron chi connectivity index (χ4n) is 3.47. The lowest BCUT2D eigenvalue weighted by atomic mass is 9.99. The third kappa shape index (κ3) is 2.85. The first kappa shape index (κ1) is 17.6. The first-order valence-electron chi connectivity index (χ1n) is 8.17. The van der Waals surface area contributed by atoms with E-state index >= 15 is 0 Å². The van der Waals surface area contributed by atoms with E-state index in [1.165, 1.54) is 0 Å². The van der Waals surface area contributed by atoms with Crippen molar-refractivity contribution in [2.45, 2.75) is 45.1 Å². The summed E-state index contributed by atoms with van der Waals surface area (Å²) in [5.74, 6) is 1.000. The van der Waals surface area contributed by atoms with Gasteiger partial charge in [-0.15, -0.1) is 12.4 Å². The normalized spacial score (nSPS) is 16.2. The summed E-state index contributed by atoms with van der Waals surface area (Å²) in [6.45, 7) is 3.99. The molecule has 9 heteroatoms. The molecule has 134 valence electrons. The lowest BCUT2D eigenvalue weighted by molar-refractivity contribution is 0.372. The van der Waals surface area contributed by atoms with Crippen molar-refractivity contribution in [1.29, 1.82) is 0 Å². The van der Waals surface area contributed by atoms with E-state index in [1.807, 2.05) is 31.6 Å².